The quantitative estimate of drug-likeness (QED) is 0.683. The fourth-order valence-corrected chi connectivity index (χ4v) is 3.40. The van der Waals surface area contributed by atoms with E-state index in [4.69, 9.17) is 0 Å². The van der Waals surface area contributed by atoms with E-state index in [1.54, 1.807) is 17.0 Å². The summed E-state index contributed by atoms with van der Waals surface area (Å²) in [6, 6.07) is 5.87. The Morgan fingerprint density at radius 2 is 2.09 bits per heavy atom. The third-order valence-corrected chi connectivity index (χ3v) is 4.60. The molecule has 23 heavy (non-hydrogen) atoms. The Labute approximate surface area is 135 Å². The zero-order valence-electron chi connectivity index (χ0n) is 13.1. The van der Waals surface area contributed by atoms with Crippen LogP contribution >= 0.6 is 0 Å². The summed E-state index contributed by atoms with van der Waals surface area (Å²) in [7, 11) is 0. The lowest BCUT2D eigenvalue weighted by molar-refractivity contribution is -0.384. The number of nitrogens with zero attached hydrogens (tertiary/aromatic N) is 3. The molecule has 124 valence electrons. The number of anilines is 1. The molecule has 2 saturated heterocycles. The van der Waals surface area contributed by atoms with E-state index >= 15 is 0 Å². The predicted octanol–water partition coefficient (Wildman–Crippen LogP) is 2.54. The molecule has 0 unspecified atom stereocenters. The summed E-state index contributed by atoms with van der Waals surface area (Å²) >= 11 is 0. The zero-order valence-corrected chi connectivity index (χ0v) is 13.1. The first-order valence-corrected chi connectivity index (χ1v) is 8.14. The minimum absolute atomic E-state index is 0.0175. The zero-order chi connectivity index (χ0) is 16.2. The SMILES string of the molecule is O=C(Nc1cccc([N+](=O)[O-])c1)N1CC[C@H](CN2CCCC2)C1. The molecule has 0 radical (unpaired) electrons. The fourth-order valence-electron chi connectivity index (χ4n) is 3.40. The normalized spacial score (nSPS) is 21.6. The van der Waals surface area contributed by atoms with Crippen molar-refractivity contribution in [2.75, 3.05) is 38.0 Å². The van der Waals surface area contributed by atoms with Gasteiger partial charge >= 0.3 is 6.03 Å². The number of nitro groups is 1. The van der Waals surface area contributed by atoms with Crippen LogP contribution in [0.15, 0.2) is 24.3 Å². The van der Waals surface area contributed by atoms with Gasteiger partial charge in [-0.1, -0.05) is 6.07 Å². The maximum atomic E-state index is 12.3. The van der Waals surface area contributed by atoms with E-state index in [0.717, 1.165) is 26.1 Å². The Balaban J connectivity index is 1.52. The number of carbonyl (C=O) groups is 1. The van der Waals surface area contributed by atoms with E-state index in [0.29, 0.717) is 11.6 Å². The van der Waals surface area contributed by atoms with Gasteiger partial charge in [-0.25, -0.2) is 4.79 Å². The van der Waals surface area contributed by atoms with E-state index in [1.807, 2.05) is 0 Å². The van der Waals surface area contributed by atoms with E-state index in [1.165, 1.54) is 38.1 Å². The Morgan fingerprint density at radius 3 is 2.83 bits per heavy atom. The van der Waals surface area contributed by atoms with Crippen molar-refractivity contribution in [3.05, 3.63) is 34.4 Å². The van der Waals surface area contributed by atoms with Gasteiger partial charge in [0.25, 0.3) is 5.69 Å². The average Bonchev–Trinajstić information content (AvgIpc) is 3.20. The number of amides is 2. The highest BCUT2D eigenvalue weighted by molar-refractivity contribution is 5.89. The van der Waals surface area contributed by atoms with Gasteiger partial charge < -0.3 is 15.1 Å². The van der Waals surface area contributed by atoms with E-state index in [2.05, 4.69) is 10.2 Å². The molecule has 7 heteroatoms. The molecule has 2 aliphatic rings. The van der Waals surface area contributed by atoms with Crippen LogP contribution in [0, 0.1) is 16.0 Å². The van der Waals surface area contributed by atoms with Gasteiger partial charge in [0.05, 0.1) is 4.92 Å². The number of nitro benzene ring substituents is 1. The van der Waals surface area contributed by atoms with Crippen LogP contribution in [-0.2, 0) is 0 Å². The molecule has 0 aromatic heterocycles. The molecule has 2 aliphatic heterocycles. The van der Waals surface area contributed by atoms with Crippen molar-refractivity contribution < 1.29 is 9.72 Å². The molecule has 2 heterocycles. The van der Waals surface area contributed by atoms with Gasteiger partial charge in [-0.2, -0.15) is 0 Å². The standard InChI is InChI=1S/C16H22N4O3/c21-16(17-14-4-3-5-15(10-14)20(22)23)19-9-6-13(12-19)11-18-7-1-2-8-18/h3-5,10,13H,1-2,6-9,11-12H2,(H,17,21)/t13-/m1/s1. The van der Waals surface area contributed by atoms with Crippen LogP contribution in [0.1, 0.15) is 19.3 Å². The van der Waals surface area contributed by atoms with E-state index in [9.17, 15) is 14.9 Å². The second-order valence-corrected chi connectivity index (χ2v) is 6.35. The molecule has 0 bridgehead atoms. The molecule has 1 N–H and O–H groups in total. The highest BCUT2D eigenvalue weighted by Gasteiger charge is 2.28. The highest BCUT2D eigenvalue weighted by Crippen LogP contribution is 2.22. The maximum absolute atomic E-state index is 12.3. The van der Waals surface area contributed by atoms with Gasteiger partial charge in [-0.05, 0) is 44.3 Å². The summed E-state index contributed by atoms with van der Waals surface area (Å²) in [5.74, 6) is 0.531. The number of urea groups is 1. The van der Waals surface area contributed by atoms with Crippen LogP contribution in [-0.4, -0.2) is 53.5 Å². The van der Waals surface area contributed by atoms with Gasteiger partial charge in [0.1, 0.15) is 0 Å². The van der Waals surface area contributed by atoms with Crippen LogP contribution < -0.4 is 5.32 Å². The highest BCUT2D eigenvalue weighted by atomic mass is 16.6. The van der Waals surface area contributed by atoms with Crippen molar-refractivity contribution in [2.24, 2.45) is 5.92 Å². The maximum Gasteiger partial charge on any atom is 0.321 e. The Bertz CT molecular complexity index is 586. The number of rotatable bonds is 4. The number of hydrogen-bond acceptors (Lipinski definition) is 4. The third-order valence-electron chi connectivity index (χ3n) is 4.60. The lowest BCUT2D eigenvalue weighted by Crippen LogP contribution is -2.34. The minimum atomic E-state index is -0.461. The molecule has 0 saturated carbocycles. The molecular weight excluding hydrogens is 296 g/mol. The first-order valence-electron chi connectivity index (χ1n) is 8.14. The summed E-state index contributed by atoms with van der Waals surface area (Å²) in [5.41, 5.74) is 0.448. The lowest BCUT2D eigenvalue weighted by atomic mass is 10.1. The van der Waals surface area contributed by atoms with E-state index < -0.39 is 4.92 Å². The van der Waals surface area contributed by atoms with Crippen LogP contribution in [0.3, 0.4) is 0 Å². The van der Waals surface area contributed by atoms with Crippen molar-refractivity contribution in [2.45, 2.75) is 19.3 Å². The first kappa shape index (κ1) is 15.7. The molecule has 1 atom stereocenters. The van der Waals surface area contributed by atoms with E-state index in [-0.39, 0.29) is 11.7 Å². The Kier molecular flexibility index (Phi) is 4.76. The van der Waals surface area contributed by atoms with Gasteiger partial charge in [-0.15, -0.1) is 0 Å². The van der Waals surface area contributed by atoms with Crippen LogP contribution in [0.4, 0.5) is 16.2 Å². The summed E-state index contributed by atoms with van der Waals surface area (Å²) in [5, 5.41) is 13.5. The van der Waals surface area contributed by atoms with Gasteiger partial charge in [-0.3, -0.25) is 10.1 Å². The molecule has 7 nitrogen and oxygen atoms in total. The summed E-state index contributed by atoms with van der Waals surface area (Å²) < 4.78 is 0. The smallest absolute Gasteiger partial charge is 0.321 e. The molecule has 1 aromatic rings. The molecule has 0 aliphatic carbocycles. The lowest BCUT2D eigenvalue weighted by Gasteiger charge is -2.21. The average molecular weight is 318 g/mol. The molecule has 2 fully saturated rings. The second kappa shape index (κ2) is 6.95. The number of non-ortho nitro benzene ring substituents is 1. The third kappa shape index (κ3) is 3.98. The number of hydrogen-bond donors (Lipinski definition) is 1. The number of benzene rings is 1. The number of carbonyl (C=O) groups excluding carboxylic acids is 1. The Morgan fingerprint density at radius 1 is 1.30 bits per heavy atom. The molecule has 0 spiro atoms. The topological polar surface area (TPSA) is 78.7 Å². The molecule has 2 amide bonds. The van der Waals surface area contributed by atoms with Crippen LogP contribution in [0.5, 0.6) is 0 Å². The largest absolute Gasteiger partial charge is 0.324 e. The predicted molar refractivity (Wildman–Crippen MR) is 87.5 cm³/mol. The van der Waals surface area contributed by atoms with Crippen LogP contribution in [0.25, 0.3) is 0 Å². The number of likely N-dealkylation sites (tertiary alicyclic amines) is 2. The molecule has 1 aromatic carbocycles. The summed E-state index contributed by atoms with van der Waals surface area (Å²) in [6.45, 7) is 4.93. The Hall–Kier alpha value is -2.15. The van der Waals surface area contributed by atoms with Crippen LogP contribution in [0.2, 0.25) is 0 Å². The summed E-state index contributed by atoms with van der Waals surface area (Å²) in [6.07, 6.45) is 3.59. The molecular formula is C16H22N4O3. The van der Waals surface area contributed by atoms with Crippen molar-refractivity contribution in [1.29, 1.82) is 0 Å². The first-order chi connectivity index (χ1) is 11.1. The van der Waals surface area contributed by atoms with Crippen molar-refractivity contribution in [3.63, 3.8) is 0 Å². The second-order valence-electron chi connectivity index (χ2n) is 6.35. The van der Waals surface area contributed by atoms with Crippen molar-refractivity contribution >= 4 is 17.4 Å². The fraction of sp³-hybridized carbons (Fsp3) is 0.562. The minimum Gasteiger partial charge on any atom is -0.324 e. The van der Waals surface area contributed by atoms with Gasteiger partial charge in [0.2, 0.25) is 0 Å². The van der Waals surface area contributed by atoms with Crippen molar-refractivity contribution in [3.8, 4) is 0 Å². The number of nitrogens with one attached hydrogen (secondary N) is 1. The molecule has 3 rings (SSSR count). The van der Waals surface area contributed by atoms with Gasteiger partial charge in [0.15, 0.2) is 0 Å². The monoisotopic (exact) mass is 318 g/mol. The summed E-state index contributed by atoms with van der Waals surface area (Å²) in [4.78, 5) is 26.9. The van der Waals surface area contributed by atoms with Crippen molar-refractivity contribution in [1.82, 2.24) is 9.80 Å². The van der Waals surface area contributed by atoms with Gasteiger partial charge in [0, 0.05) is 37.5 Å².